The molecule has 0 aliphatic heterocycles. The van der Waals surface area contributed by atoms with Gasteiger partial charge in [0.15, 0.2) is 0 Å². The van der Waals surface area contributed by atoms with E-state index in [-0.39, 0.29) is 16.8 Å². The lowest BCUT2D eigenvalue weighted by Crippen LogP contribution is -2.10. The Hall–Kier alpha value is -3.02. The number of carboxylic acid groups (broad SMARTS) is 1. The lowest BCUT2D eigenvalue weighted by molar-refractivity contribution is -0.0878. The fourth-order valence-electron chi connectivity index (χ4n) is 1.77. The predicted molar refractivity (Wildman–Crippen MR) is 78.9 cm³/mol. The van der Waals surface area contributed by atoms with Crippen molar-refractivity contribution in [2.45, 2.75) is 19.5 Å². The van der Waals surface area contributed by atoms with E-state index >= 15 is 0 Å². The zero-order valence-electron chi connectivity index (χ0n) is 12.7. The molecule has 0 spiro atoms. The summed E-state index contributed by atoms with van der Waals surface area (Å²) < 4.78 is 63.4. The molecule has 1 N–H and O–H groups in total. The Morgan fingerprint density at radius 2 is 2.00 bits per heavy atom. The molecular weight excluding hydrogens is 347 g/mol. The molecule has 1 aromatic heterocycles. The first-order chi connectivity index (χ1) is 11.5. The van der Waals surface area contributed by atoms with Gasteiger partial charge in [0.2, 0.25) is 0 Å². The van der Waals surface area contributed by atoms with Crippen molar-refractivity contribution >= 4 is 11.5 Å². The molecule has 0 aliphatic carbocycles. The van der Waals surface area contributed by atoms with Crippen LogP contribution in [0.3, 0.4) is 0 Å². The highest BCUT2D eigenvalue weighted by molar-refractivity contribution is 5.90. The zero-order chi connectivity index (χ0) is 19.4. The number of nitriles is 1. The number of aromatic carboxylic acids is 1. The van der Waals surface area contributed by atoms with E-state index in [1.54, 1.807) is 6.07 Å². The van der Waals surface area contributed by atoms with Gasteiger partial charge in [-0.1, -0.05) is 18.7 Å². The van der Waals surface area contributed by atoms with Gasteiger partial charge >= 0.3 is 12.1 Å². The summed E-state index contributed by atoms with van der Waals surface area (Å²) >= 11 is 0. The van der Waals surface area contributed by atoms with E-state index in [9.17, 15) is 26.7 Å². The number of allylic oxidation sites excluding steroid dienone is 5. The normalized spacial score (nSPS) is 12.5. The van der Waals surface area contributed by atoms with Crippen molar-refractivity contribution in [1.82, 2.24) is 4.98 Å². The molecule has 25 heavy (non-hydrogen) atoms. The first kappa shape index (κ1) is 20.0. The molecule has 9 heteroatoms. The van der Waals surface area contributed by atoms with Crippen LogP contribution in [0.1, 0.15) is 40.7 Å². The number of hydrogen-bond acceptors (Lipinski definition) is 3. The molecule has 0 aliphatic rings. The van der Waals surface area contributed by atoms with Crippen molar-refractivity contribution < 1.29 is 31.9 Å². The number of rotatable bonds is 5. The van der Waals surface area contributed by atoms with E-state index in [0.29, 0.717) is 12.1 Å². The third-order valence-electron chi connectivity index (χ3n) is 3.02. The van der Waals surface area contributed by atoms with Crippen LogP contribution in [-0.4, -0.2) is 22.2 Å². The molecular formula is C16H11F5N2O2. The first-order valence-corrected chi connectivity index (χ1v) is 6.60. The number of halogens is 5. The Morgan fingerprint density at radius 3 is 2.40 bits per heavy atom. The maximum Gasteiger partial charge on any atom is 0.415 e. The van der Waals surface area contributed by atoms with Crippen molar-refractivity contribution in [2.24, 2.45) is 0 Å². The Labute approximate surface area is 139 Å². The summed E-state index contributed by atoms with van der Waals surface area (Å²) in [4.78, 5) is 14.5. The Kier molecular flexibility index (Phi) is 6.17. The van der Waals surface area contributed by atoms with Crippen LogP contribution in [-0.2, 0) is 0 Å². The summed E-state index contributed by atoms with van der Waals surface area (Å²) in [5.41, 5.74) is -3.91. The van der Waals surface area contributed by atoms with Gasteiger partial charge in [-0.2, -0.15) is 18.4 Å². The van der Waals surface area contributed by atoms with Crippen LogP contribution in [0.4, 0.5) is 22.0 Å². The second kappa shape index (κ2) is 7.70. The standard InChI is InChI=1S/C16H11F5N2O2/c1-3-9(5-4-8(2)16(19,20)21)12-10(7-22)6-11(15(24)25)13(23-12)14(17)18/h3-6,14H,2H2,1H3,(H,24,25)/b5-4-,9-3+. The lowest BCUT2D eigenvalue weighted by atomic mass is 10.0. The van der Waals surface area contributed by atoms with Gasteiger partial charge in [-0.15, -0.1) is 0 Å². The number of alkyl halides is 5. The maximum absolute atomic E-state index is 13.0. The highest BCUT2D eigenvalue weighted by Gasteiger charge is 2.30. The molecule has 0 amide bonds. The third kappa shape index (κ3) is 4.73. The van der Waals surface area contributed by atoms with Gasteiger partial charge in [0.1, 0.15) is 11.8 Å². The second-order valence-corrected chi connectivity index (χ2v) is 4.64. The van der Waals surface area contributed by atoms with Crippen LogP contribution in [0.2, 0.25) is 0 Å². The number of carboxylic acids is 1. The maximum atomic E-state index is 13.0. The average Bonchev–Trinajstić information content (AvgIpc) is 2.53. The van der Waals surface area contributed by atoms with E-state index in [0.717, 1.165) is 6.08 Å². The van der Waals surface area contributed by atoms with Gasteiger partial charge < -0.3 is 5.11 Å². The summed E-state index contributed by atoms with van der Waals surface area (Å²) in [5, 5.41) is 18.0. The number of nitrogens with zero attached hydrogens (tertiary/aromatic N) is 2. The summed E-state index contributed by atoms with van der Waals surface area (Å²) in [6.45, 7) is 4.22. The Bertz CT molecular complexity index is 802. The number of carbonyl (C=O) groups is 1. The monoisotopic (exact) mass is 358 g/mol. The lowest BCUT2D eigenvalue weighted by Gasteiger charge is -2.11. The fraction of sp³-hybridized carbons (Fsp3) is 0.188. The van der Waals surface area contributed by atoms with Crippen molar-refractivity contribution in [2.75, 3.05) is 0 Å². The van der Waals surface area contributed by atoms with Gasteiger partial charge in [0.05, 0.1) is 16.8 Å². The molecule has 0 fully saturated rings. The van der Waals surface area contributed by atoms with Crippen molar-refractivity contribution in [3.05, 3.63) is 59.0 Å². The van der Waals surface area contributed by atoms with Crippen LogP contribution in [0.15, 0.2) is 36.4 Å². The summed E-state index contributed by atoms with van der Waals surface area (Å²) in [7, 11) is 0. The minimum absolute atomic E-state index is 0.0687. The Morgan fingerprint density at radius 1 is 1.40 bits per heavy atom. The Balaban J connectivity index is 3.51. The second-order valence-electron chi connectivity index (χ2n) is 4.64. The number of hydrogen-bond donors (Lipinski definition) is 1. The van der Waals surface area contributed by atoms with Gasteiger partial charge in [-0.25, -0.2) is 18.6 Å². The fourth-order valence-corrected chi connectivity index (χ4v) is 1.77. The molecule has 1 rings (SSSR count). The minimum atomic E-state index is -4.68. The quantitative estimate of drug-likeness (QED) is 0.613. The molecule has 0 atom stereocenters. The van der Waals surface area contributed by atoms with Crippen molar-refractivity contribution in [3.8, 4) is 6.07 Å². The SMILES string of the molecule is C=C(/C=C\C(=C/C)c1nc(C(F)F)c(C(=O)O)cc1C#N)C(F)(F)F. The molecule has 1 heterocycles. The summed E-state index contributed by atoms with van der Waals surface area (Å²) in [6, 6.07) is 2.31. The van der Waals surface area contributed by atoms with Crippen LogP contribution < -0.4 is 0 Å². The molecule has 4 nitrogen and oxygen atoms in total. The van der Waals surface area contributed by atoms with Gasteiger partial charge in [0, 0.05) is 5.57 Å². The number of pyridine rings is 1. The third-order valence-corrected chi connectivity index (χ3v) is 3.02. The van der Waals surface area contributed by atoms with Crippen LogP contribution in [0.25, 0.3) is 5.57 Å². The smallest absolute Gasteiger partial charge is 0.415 e. The van der Waals surface area contributed by atoms with Crippen LogP contribution in [0, 0.1) is 11.3 Å². The number of aromatic nitrogens is 1. The molecule has 0 saturated carbocycles. The highest BCUT2D eigenvalue weighted by atomic mass is 19.4. The minimum Gasteiger partial charge on any atom is -0.478 e. The zero-order valence-corrected chi connectivity index (χ0v) is 12.7. The summed E-state index contributed by atoms with van der Waals surface area (Å²) in [6.07, 6.45) is -5.16. The topological polar surface area (TPSA) is 74.0 Å². The average molecular weight is 358 g/mol. The van der Waals surface area contributed by atoms with E-state index in [1.165, 1.54) is 13.0 Å². The molecule has 0 bridgehead atoms. The highest BCUT2D eigenvalue weighted by Crippen LogP contribution is 2.29. The molecule has 0 unspecified atom stereocenters. The van der Waals surface area contributed by atoms with Gasteiger partial charge in [-0.3, -0.25) is 0 Å². The van der Waals surface area contributed by atoms with Crippen molar-refractivity contribution in [3.63, 3.8) is 0 Å². The van der Waals surface area contributed by atoms with E-state index in [2.05, 4.69) is 11.6 Å². The first-order valence-electron chi connectivity index (χ1n) is 6.60. The van der Waals surface area contributed by atoms with Gasteiger partial charge in [-0.05, 0) is 24.6 Å². The molecule has 0 radical (unpaired) electrons. The van der Waals surface area contributed by atoms with E-state index < -0.39 is 35.4 Å². The van der Waals surface area contributed by atoms with Gasteiger partial charge in [0.25, 0.3) is 6.43 Å². The molecule has 1 aromatic rings. The summed E-state index contributed by atoms with van der Waals surface area (Å²) in [5.74, 6) is -1.70. The van der Waals surface area contributed by atoms with Crippen LogP contribution >= 0.6 is 0 Å². The predicted octanol–water partition coefficient (Wildman–Crippen LogP) is 4.67. The van der Waals surface area contributed by atoms with E-state index in [4.69, 9.17) is 10.4 Å². The molecule has 0 saturated heterocycles. The van der Waals surface area contributed by atoms with Crippen LogP contribution in [0.5, 0.6) is 0 Å². The molecule has 0 aromatic carbocycles. The largest absolute Gasteiger partial charge is 0.478 e. The molecule has 132 valence electrons. The van der Waals surface area contributed by atoms with Crippen molar-refractivity contribution in [1.29, 1.82) is 5.26 Å². The van der Waals surface area contributed by atoms with E-state index in [1.807, 2.05) is 0 Å².